The van der Waals surface area contributed by atoms with Crippen LogP contribution in [0.3, 0.4) is 0 Å². The van der Waals surface area contributed by atoms with Crippen molar-refractivity contribution in [1.82, 2.24) is 0 Å². The zero-order valence-electron chi connectivity index (χ0n) is 10.3. The molecule has 19 heavy (non-hydrogen) atoms. The first-order chi connectivity index (χ1) is 8.00. The van der Waals surface area contributed by atoms with Crippen molar-refractivity contribution in [2.24, 2.45) is 0 Å². The first kappa shape index (κ1) is 36.1. The van der Waals surface area contributed by atoms with E-state index < -0.39 is 0 Å². The Balaban J connectivity index is -0.0000000289. The molecule has 0 saturated carbocycles. The van der Waals surface area contributed by atoms with Gasteiger partial charge in [-0.25, -0.2) is 12.1 Å². The third kappa shape index (κ3) is 47.4. The fraction of sp³-hybridized carbons (Fsp3) is 0. The Hall–Kier alpha value is -1.11. The van der Waals surface area contributed by atoms with Gasteiger partial charge in [-0.15, -0.1) is 0 Å². The molecule has 0 bridgehead atoms. The second-order valence-corrected chi connectivity index (χ2v) is 1.92. The molecule has 0 N–H and O–H groups in total. The molecule has 0 heterocycles. The summed E-state index contributed by atoms with van der Waals surface area (Å²) in [5, 5.41) is 0. The molecule has 0 aromatic heterocycles. The minimum atomic E-state index is 0. The topological polar surface area (TPSA) is 56.9 Å². The monoisotopic (exact) mass is 342 g/mol. The normalized spacial score (nSPS) is 4.63. The quantitative estimate of drug-likeness (QED) is 0.314. The molecule has 0 aliphatic heterocycles. The Morgan fingerprint density at radius 2 is 1.00 bits per heavy atom. The molecule has 0 spiro atoms. The van der Waals surface area contributed by atoms with Crippen molar-refractivity contribution in [3.63, 3.8) is 0 Å². The zero-order valence-corrected chi connectivity index (χ0v) is 12.5. The van der Waals surface area contributed by atoms with Crippen molar-refractivity contribution in [2.75, 3.05) is 0 Å². The van der Waals surface area contributed by atoms with Gasteiger partial charge in [0.25, 0.3) is 0 Å². The Morgan fingerprint density at radius 3 is 1.11 bits per heavy atom. The van der Waals surface area contributed by atoms with Crippen LogP contribution in [-0.2, 0) is 48.2 Å². The van der Waals surface area contributed by atoms with Gasteiger partial charge < -0.3 is 42.6 Å². The molecule has 0 amide bonds. The van der Waals surface area contributed by atoms with Crippen molar-refractivity contribution >= 4 is 6.79 Å². The predicted molar refractivity (Wildman–Crippen MR) is 65.1 cm³/mol. The van der Waals surface area contributed by atoms with Gasteiger partial charge in [-0.05, 0) is 0 Å². The summed E-state index contributed by atoms with van der Waals surface area (Å²) in [7, 11) is 0. The molecule has 107 valence electrons. The summed E-state index contributed by atoms with van der Waals surface area (Å²) >= 11 is 0. The summed E-state index contributed by atoms with van der Waals surface area (Å²) in [4.78, 5) is 7.75. The molecule has 0 aliphatic carbocycles. The Kier molecular flexibility index (Phi) is 103. The summed E-state index contributed by atoms with van der Waals surface area (Å²) in [5.41, 5.74) is 0. The average Bonchev–Trinajstić information content (AvgIpc) is 3.14. The number of hydrogen-bond donors (Lipinski definition) is 0. The summed E-state index contributed by atoms with van der Waals surface area (Å²) in [5.74, 6) is 0. The van der Waals surface area contributed by atoms with Gasteiger partial charge in [0.15, 0.2) is 0 Å². The van der Waals surface area contributed by atoms with Gasteiger partial charge in [0, 0.05) is 17.1 Å². The third-order valence-corrected chi connectivity index (χ3v) is 1.11. The maximum absolute atomic E-state index is 7.75. The van der Waals surface area contributed by atoms with Crippen LogP contribution in [0.2, 0.25) is 0 Å². The van der Waals surface area contributed by atoms with Crippen molar-refractivity contribution < 1.29 is 48.2 Å². The standard InChI is InChI=1S/2C5H5.CHO.2CO.CH3.2Fe/c2*1-2-4-5-3-1;3*1-2;;;/h2*1-5H;1H;;;1H3;;/q-5;2*-1;;;-1;;+5. The summed E-state index contributed by atoms with van der Waals surface area (Å²) < 4.78 is 15.0. The molecule has 0 fully saturated rings. The molecule has 5 heteroatoms. The van der Waals surface area contributed by atoms with Crippen LogP contribution in [0.15, 0.2) is 60.7 Å². The van der Waals surface area contributed by atoms with E-state index >= 15 is 0 Å². The first-order valence-electron chi connectivity index (χ1n) is 3.98. The van der Waals surface area contributed by atoms with E-state index in [4.69, 9.17) is 14.1 Å². The molecule has 0 saturated heterocycles. The average molecular weight is 342 g/mol. The zero-order chi connectivity index (χ0) is 13.1. The van der Waals surface area contributed by atoms with Crippen LogP contribution in [0, 0.1) is 20.7 Å². The van der Waals surface area contributed by atoms with Crippen LogP contribution in [0.1, 0.15) is 0 Å². The Morgan fingerprint density at radius 1 is 0.789 bits per heavy atom. The second-order valence-electron chi connectivity index (χ2n) is 1.92. The van der Waals surface area contributed by atoms with Crippen molar-refractivity contribution in [1.29, 1.82) is 0 Å². The first-order valence-corrected chi connectivity index (χ1v) is 3.98. The Labute approximate surface area is 136 Å². The molecular formula is C14H14Fe2O3-3. The number of hydrogen-bond acceptors (Lipinski definition) is 1. The van der Waals surface area contributed by atoms with E-state index in [2.05, 4.69) is 20.1 Å². The second kappa shape index (κ2) is 54.0. The van der Waals surface area contributed by atoms with Gasteiger partial charge in [-0.1, -0.05) is 0 Å². The van der Waals surface area contributed by atoms with Gasteiger partial charge in [0.1, 0.15) is 0 Å². The molecular weight excluding hydrogens is 328 g/mol. The van der Waals surface area contributed by atoms with Crippen LogP contribution >= 0.6 is 0 Å². The predicted octanol–water partition coefficient (Wildman–Crippen LogP) is 2.91. The minimum absolute atomic E-state index is 0. The molecule has 0 unspecified atom stereocenters. The van der Waals surface area contributed by atoms with Gasteiger partial charge in [-0.3, -0.25) is 6.79 Å². The van der Waals surface area contributed by atoms with Crippen LogP contribution in [0.5, 0.6) is 0 Å². The molecule has 2 aromatic carbocycles. The fourth-order valence-corrected chi connectivity index (χ4v) is 0.642. The van der Waals surface area contributed by atoms with Crippen LogP contribution < -0.4 is 0 Å². The summed E-state index contributed by atoms with van der Waals surface area (Å²) in [6, 6.07) is 20.0. The number of rotatable bonds is 0. The van der Waals surface area contributed by atoms with Crippen LogP contribution in [-0.4, -0.2) is 6.79 Å². The molecule has 0 aliphatic rings. The molecule has 3 nitrogen and oxygen atoms in total. The van der Waals surface area contributed by atoms with Gasteiger partial charge in [0.2, 0.25) is 0 Å². The van der Waals surface area contributed by atoms with Crippen LogP contribution in [0.4, 0.5) is 0 Å². The van der Waals surface area contributed by atoms with Crippen LogP contribution in [0.25, 0.3) is 0 Å². The Bertz CT molecular complexity index is 233. The van der Waals surface area contributed by atoms with Crippen molar-refractivity contribution in [3.8, 4) is 0 Å². The summed E-state index contributed by atoms with van der Waals surface area (Å²) in [6.07, 6.45) is 0. The minimum Gasteiger partial charge on any atom is -0.748 e. The van der Waals surface area contributed by atoms with E-state index in [0.29, 0.717) is 0 Å². The molecule has 0 atom stereocenters. The molecule has 2 aromatic rings. The van der Waals surface area contributed by atoms with E-state index in [9.17, 15) is 0 Å². The SMILES string of the molecule is [C-]#[O+].[C-]#[O+].[CH-]=O.[CH3-].[Fe+5].[Fe].[cH-]1[cH-][cH-][cH-][cH-]1.c1cc[cH-]c1. The van der Waals surface area contributed by atoms with Crippen molar-refractivity contribution in [3.05, 3.63) is 81.4 Å². The summed E-state index contributed by atoms with van der Waals surface area (Å²) in [6.45, 7) is 12.2. The number of carbonyl (C=O) groups excluding carboxylic acids is 1. The third-order valence-electron chi connectivity index (χ3n) is 1.11. The fourth-order valence-electron chi connectivity index (χ4n) is 0.642. The smallest absolute Gasteiger partial charge is 0.748 e. The van der Waals surface area contributed by atoms with E-state index in [1.165, 1.54) is 0 Å². The molecule has 2 rings (SSSR count). The van der Waals surface area contributed by atoms with E-state index in [1.54, 1.807) is 0 Å². The van der Waals surface area contributed by atoms with Crippen molar-refractivity contribution in [2.45, 2.75) is 0 Å². The largest absolute Gasteiger partial charge is 5.00 e. The van der Waals surface area contributed by atoms with E-state index in [0.717, 1.165) is 0 Å². The maximum atomic E-state index is 7.75. The molecule has 1 radical (unpaired) electrons. The maximum Gasteiger partial charge on any atom is 5.00 e. The van der Waals surface area contributed by atoms with Gasteiger partial charge in [0.05, 0.1) is 0 Å². The van der Waals surface area contributed by atoms with E-state index in [1.807, 2.05) is 60.7 Å². The van der Waals surface area contributed by atoms with E-state index in [-0.39, 0.29) is 41.6 Å². The van der Waals surface area contributed by atoms with Gasteiger partial charge in [-0.2, -0.15) is 18.2 Å². The van der Waals surface area contributed by atoms with Gasteiger partial charge >= 0.3 is 39.7 Å².